The molecule has 1 heterocycles. The van der Waals surface area contributed by atoms with E-state index >= 15 is 0 Å². The molecule has 110 valence electrons. The first-order valence-corrected chi connectivity index (χ1v) is 8.17. The average molecular weight is 295 g/mol. The van der Waals surface area contributed by atoms with Crippen molar-refractivity contribution in [2.24, 2.45) is 0 Å². The Morgan fingerprint density at radius 3 is 1.35 bits per heavy atom. The predicted molar refractivity (Wildman–Crippen MR) is 98.6 cm³/mol. The number of nitrogens with one attached hydrogen (secondary N) is 1. The number of aryl methyl sites for hydroxylation is 2. The van der Waals surface area contributed by atoms with Crippen molar-refractivity contribution < 1.29 is 0 Å². The van der Waals surface area contributed by atoms with Gasteiger partial charge >= 0.3 is 0 Å². The van der Waals surface area contributed by atoms with Gasteiger partial charge in [0.05, 0.1) is 0 Å². The lowest BCUT2D eigenvalue weighted by atomic mass is 9.99. The van der Waals surface area contributed by atoms with E-state index in [4.69, 9.17) is 0 Å². The molecule has 0 spiro atoms. The molecule has 0 atom stereocenters. The first-order chi connectivity index (χ1) is 11.4. The molecule has 0 saturated heterocycles. The standard InChI is InChI=1S/C22H17N/c1-3-7-17-13-21-19(11-15(17)5-1)9-10-20-12-16-6-2-4-8-18(16)14-22(20)23-21/h1-8,11-14,23H,9-10H2. The lowest BCUT2D eigenvalue weighted by molar-refractivity contribution is 0.981. The van der Waals surface area contributed by atoms with Crippen molar-refractivity contribution >= 4 is 32.9 Å². The topological polar surface area (TPSA) is 12.0 Å². The zero-order chi connectivity index (χ0) is 15.2. The molecular weight excluding hydrogens is 278 g/mol. The summed E-state index contributed by atoms with van der Waals surface area (Å²) >= 11 is 0. The van der Waals surface area contributed by atoms with Crippen molar-refractivity contribution in [1.29, 1.82) is 0 Å². The Kier molecular flexibility index (Phi) is 2.68. The van der Waals surface area contributed by atoms with Gasteiger partial charge in [0.25, 0.3) is 0 Å². The van der Waals surface area contributed by atoms with Gasteiger partial charge in [-0.25, -0.2) is 0 Å². The molecule has 0 saturated carbocycles. The van der Waals surface area contributed by atoms with Crippen molar-refractivity contribution in [2.45, 2.75) is 12.8 Å². The van der Waals surface area contributed by atoms with Gasteiger partial charge in [0.1, 0.15) is 0 Å². The molecular formula is C22H17N. The quantitative estimate of drug-likeness (QED) is 0.430. The number of fused-ring (bicyclic) bond motifs is 4. The average Bonchev–Trinajstić information content (AvgIpc) is 2.76. The fourth-order valence-electron chi connectivity index (χ4n) is 3.64. The largest absolute Gasteiger partial charge is 0.355 e. The first-order valence-electron chi connectivity index (χ1n) is 8.17. The summed E-state index contributed by atoms with van der Waals surface area (Å²) in [5.74, 6) is 0. The van der Waals surface area contributed by atoms with E-state index in [0.29, 0.717) is 0 Å². The Balaban J connectivity index is 1.70. The van der Waals surface area contributed by atoms with E-state index < -0.39 is 0 Å². The Bertz CT molecular complexity index is 961. The fourth-order valence-corrected chi connectivity index (χ4v) is 3.64. The van der Waals surface area contributed by atoms with Crippen LogP contribution >= 0.6 is 0 Å². The van der Waals surface area contributed by atoms with E-state index in [1.165, 1.54) is 44.0 Å². The van der Waals surface area contributed by atoms with Gasteiger partial charge < -0.3 is 5.32 Å². The maximum atomic E-state index is 3.69. The molecule has 1 nitrogen and oxygen atoms in total. The predicted octanol–water partition coefficient (Wildman–Crippen LogP) is 5.84. The summed E-state index contributed by atoms with van der Waals surface area (Å²) in [6.45, 7) is 0. The summed E-state index contributed by atoms with van der Waals surface area (Å²) < 4.78 is 0. The third-order valence-electron chi connectivity index (χ3n) is 4.88. The molecule has 5 rings (SSSR count). The van der Waals surface area contributed by atoms with Crippen LogP contribution in [0.1, 0.15) is 11.1 Å². The SMILES string of the molecule is c1ccc2cc3c(cc2c1)CCc1cc2ccccc2cc1N3. The summed E-state index contributed by atoms with van der Waals surface area (Å²) in [6.07, 6.45) is 2.16. The molecule has 23 heavy (non-hydrogen) atoms. The van der Waals surface area contributed by atoms with Gasteiger partial charge in [0, 0.05) is 11.4 Å². The summed E-state index contributed by atoms with van der Waals surface area (Å²) in [6, 6.07) is 26.4. The summed E-state index contributed by atoms with van der Waals surface area (Å²) in [4.78, 5) is 0. The highest BCUT2D eigenvalue weighted by Gasteiger charge is 2.14. The van der Waals surface area contributed by atoms with Crippen LogP contribution in [0.4, 0.5) is 11.4 Å². The highest BCUT2D eigenvalue weighted by Crippen LogP contribution is 2.35. The molecule has 0 amide bonds. The molecule has 0 aliphatic carbocycles. The second-order valence-corrected chi connectivity index (χ2v) is 6.34. The molecule has 0 radical (unpaired) electrons. The van der Waals surface area contributed by atoms with Crippen molar-refractivity contribution in [3.05, 3.63) is 83.9 Å². The van der Waals surface area contributed by atoms with Gasteiger partial charge in [-0.2, -0.15) is 0 Å². The third kappa shape index (κ3) is 2.08. The molecule has 1 N–H and O–H groups in total. The minimum absolute atomic E-state index is 1.08. The van der Waals surface area contributed by atoms with Gasteiger partial charge in [-0.3, -0.25) is 0 Å². The van der Waals surface area contributed by atoms with Crippen LogP contribution in [0.2, 0.25) is 0 Å². The molecule has 1 heteroatoms. The number of benzene rings is 4. The van der Waals surface area contributed by atoms with Crippen LogP contribution in [-0.2, 0) is 12.8 Å². The van der Waals surface area contributed by atoms with E-state index in [2.05, 4.69) is 78.1 Å². The van der Waals surface area contributed by atoms with Gasteiger partial charge in [-0.05, 0) is 69.8 Å². The minimum atomic E-state index is 1.08. The highest BCUT2D eigenvalue weighted by molar-refractivity contribution is 5.92. The number of anilines is 2. The van der Waals surface area contributed by atoms with Crippen LogP contribution in [0.15, 0.2) is 72.8 Å². The molecule has 0 bridgehead atoms. The van der Waals surface area contributed by atoms with Gasteiger partial charge in [-0.15, -0.1) is 0 Å². The van der Waals surface area contributed by atoms with Crippen LogP contribution in [-0.4, -0.2) is 0 Å². The van der Waals surface area contributed by atoms with Gasteiger partial charge in [0.15, 0.2) is 0 Å². The normalized spacial score (nSPS) is 13.2. The first kappa shape index (κ1) is 12.7. The second kappa shape index (κ2) is 4.85. The van der Waals surface area contributed by atoms with E-state index in [1.54, 1.807) is 0 Å². The molecule has 1 aliphatic rings. The van der Waals surface area contributed by atoms with E-state index in [9.17, 15) is 0 Å². The lowest BCUT2D eigenvalue weighted by Gasteiger charge is -2.12. The number of rotatable bonds is 0. The molecule has 4 aromatic carbocycles. The van der Waals surface area contributed by atoms with Gasteiger partial charge in [0.2, 0.25) is 0 Å². The van der Waals surface area contributed by atoms with Crippen molar-refractivity contribution in [3.8, 4) is 0 Å². The van der Waals surface area contributed by atoms with Gasteiger partial charge in [-0.1, -0.05) is 48.5 Å². The smallest absolute Gasteiger partial charge is 0.0423 e. The lowest BCUT2D eigenvalue weighted by Crippen LogP contribution is -1.94. The summed E-state index contributed by atoms with van der Waals surface area (Å²) in [7, 11) is 0. The van der Waals surface area contributed by atoms with Crippen LogP contribution < -0.4 is 5.32 Å². The van der Waals surface area contributed by atoms with Crippen LogP contribution in [0, 0.1) is 0 Å². The molecule has 1 aliphatic heterocycles. The Morgan fingerprint density at radius 2 is 0.913 bits per heavy atom. The summed E-state index contributed by atoms with van der Waals surface area (Å²) in [5.41, 5.74) is 5.31. The molecule has 0 aromatic heterocycles. The number of hydrogen-bond acceptors (Lipinski definition) is 1. The highest BCUT2D eigenvalue weighted by atomic mass is 14.9. The monoisotopic (exact) mass is 295 g/mol. The van der Waals surface area contributed by atoms with Crippen molar-refractivity contribution in [2.75, 3.05) is 5.32 Å². The van der Waals surface area contributed by atoms with Crippen LogP contribution in [0.3, 0.4) is 0 Å². The molecule has 0 fully saturated rings. The van der Waals surface area contributed by atoms with Crippen molar-refractivity contribution in [1.82, 2.24) is 0 Å². The maximum absolute atomic E-state index is 3.69. The second-order valence-electron chi connectivity index (χ2n) is 6.34. The fraction of sp³-hybridized carbons (Fsp3) is 0.0909. The molecule has 4 aromatic rings. The van der Waals surface area contributed by atoms with E-state index in [1.807, 2.05) is 0 Å². The number of hydrogen-bond donors (Lipinski definition) is 1. The Morgan fingerprint density at radius 1 is 0.522 bits per heavy atom. The van der Waals surface area contributed by atoms with Crippen LogP contribution in [0.5, 0.6) is 0 Å². The Hall–Kier alpha value is -2.80. The van der Waals surface area contributed by atoms with E-state index in [0.717, 1.165) is 12.8 Å². The third-order valence-corrected chi connectivity index (χ3v) is 4.88. The summed E-state index contributed by atoms with van der Waals surface area (Å²) in [5, 5.41) is 8.92. The maximum Gasteiger partial charge on any atom is 0.0423 e. The minimum Gasteiger partial charge on any atom is -0.355 e. The van der Waals surface area contributed by atoms with Crippen LogP contribution in [0.25, 0.3) is 21.5 Å². The van der Waals surface area contributed by atoms with E-state index in [-0.39, 0.29) is 0 Å². The molecule has 0 unspecified atom stereocenters. The van der Waals surface area contributed by atoms with Crippen molar-refractivity contribution in [3.63, 3.8) is 0 Å². The Labute approximate surface area is 135 Å². The zero-order valence-corrected chi connectivity index (χ0v) is 12.8. The zero-order valence-electron chi connectivity index (χ0n) is 12.8.